The molecule has 0 unspecified atom stereocenters. The fraction of sp³-hybridized carbons (Fsp3) is 0.167. The molecular formula is C6H4N5O3S-. The lowest BCUT2D eigenvalue weighted by molar-refractivity contribution is -0.255. The van der Waals surface area contributed by atoms with Gasteiger partial charge in [-0.3, -0.25) is 9.89 Å². The molecule has 78 valence electrons. The Hall–Kier alpha value is -1.90. The van der Waals surface area contributed by atoms with Gasteiger partial charge in [0.15, 0.2) is 10.9 Å². The van der Waals surface area contributed by atoms with E-state index in [1.807, 2.05) is 0 Å². The van der Waals surface area contributed by atoms with Crippen LogP contribution < -0.4 is 10.7 Å². The number of fused-ring (bicyclic) bond motifs is 1. The number of thioether (sulfide) groups is 1. The summed E-state index contributed by atoms with van der Waals surface area (Å²) in [6.45, 7) is 0. The largest absolute Gasteiger partial charge is 0.543 e. The Morgan fingerprint density at radius 2 is 2.27 bits per heavy atom. The fourth-order valence-corrected chi connectivity index (χ4v) is 1.34. The van der Waals surface area contributed by atoms with Crippen LogP contribution in [0.4, 0.5) is 0 Å². The first-order valence-electron chi connectivity index (χ1n) is 3.74. The molecule has 2 heterocycles. The van der Waals surface area contributed by atoms with Crippen LogP contribution >= 0.6 is 11.8 Å². The highest BCUT2D eigenvalue weighted by Gasteiger charge is 2.10. The summed E-state index contributed by atoms with van der Waals surface area (Å²) in [5, 5.41) is 20.2. The maximum Gasteiger partial charge on any atom is 0.302 e. The lowest BCUT2D eigenvalue weighted by atomic mass is 10.5. The van der Waals surface area contributed by atoms with Gasteiger partial charge < -0.3 is 9.90 Å². The first-order chi connectivity index (χ1) is 7.13. The Morgan fingerprint density at radius 3 is 2.87 bits per heavy atom. The molecule has 15 heavy (non-hydrogen) atoms. The van der Waals surface area contributed by atoms with Crippen LogP contribution in [-0.4, -0.2) is 37.0 Å². The summed E-state index contributed by atoms with van der Waals surface area (Å²) < 4.78 is 0.907. The lowest BCUT2D eigenvalue weighted by Crippen LogP contribution is -2.34. The van der Waals surface area contributed by atoms with E-state index in [2.05, 4.69) is 20.3 Å². The highest BCUT2D eigenvalue weighted by molar-refractivity contribution is 7.98. The van der Waals surface area contributed by atoms with Crippen molar-refractivity contribution in [1.29, 1.82) is 0 Å². The normalized spacial score (nSPS) is 10.7. The Kier molecular flexibility index (Phi) is 2.15. The van der Waals surface area contributed by atoms with Gasteiger partial charge in [-0.1, -0.05) is 11.8 Å². The van der Waals surface area contributed by atoms with Crippen molar-refractivity contribution in [2.24, 2.45) is 0 Å². The van der Waals surface area contributed by atoms with E-state index in [-0.39, 0.29) is 5.78 Å². The molecule has 0 atom stereocenters. The number of carboxylic acids is 1. The van der Waals surface area contributed by atoms with Gasteiger partial charge in [0.2, 0.25) is 0 Å². The van der Waals surface area contributed by atoms with Gasteiger partial charge in [0.05, 0.1) is 5.97 Å². The van der Waals surface area contributed by atoms with Crippen LogP contribution in [0.3, 0.4) is 0 Å². The number of aromatic carboxylic acids is 1. The predicted molar refractivity (Wildman–Crippen MR) is 47.5 cm³/mol. The molecule has 2 aromatic rings. The van der Waals surface area contributed by atoms with Crippen LogP contribution in [0.15, 0.2) is 9.95 Å². The number of hydrogen-bond donors (Lipinski definition) is 1. The maximum absolute atomic E-state index is 11.5. The monoisotopic (exact) mass is 226 g/mol. The molecule has 0 radical (unpaired) electrons. The third kappa shape index (κ3) is 1.46. The van der Waals surface area contributed by atoms with Gasteiger partial charge >= 0.3 is 5.56 Å². The molecule has 0 spiro atoms. The Balaban J connectivity index is 2.78. The number of rotatable bonds is 2. The summed E-state index contributed by atoms with van der Waals surface area (Å²) in [6, 6.07) is 0. The van der Waals surface area contributed by atoms with Gasteiger partial charge in [-0.05, 0) is 6.26 Å². The number of aromatic nitrogens is 5. The van der Waals surface area contributed by atoms with Crippen molar-refractivity contribution in [3.8, 4) is 0 Å². The van der Waals surface area contributed by atoms with E-state index in [1.54, 1.807) is 6.26 Å². The summed E-state index contributed by atoms with van der Waals surface area (Å²) in [4.78, 5) is 25.8. The molecule has 0 saturated heterocycles. The molecule has 0 aromatic carbocycles. The second-order valence-electron chi connectivity index (χ2n) is 2.51. The van der Waals surface area contributed by atoms with Gasteiger partial charge in [-0.15, -0.1) is 10.2 Å². The Bertz CT molecular complexity index is 588. The third-order valence-electron chi connectivity index (χ3n) is 1.64. The number of carbonyl (C=O) groups excluding carboxylic acids is 1. The van der Waals surface area contributed by atoms with Crippen LogP contribution in [0.5, 0.6) is 0 Å². The van der Waals surface area contributed by atoms with Crippen LogP contribution in [0, 0.1) is 0 Å². The van der Waals surface area contributed by atoms with E-state index >= 15 is 0 Å². The van der Waals surface area contributed by atoms with Crippen LogP contribution in [0.25, 0.3) is 5.78 Å². The highest BCUT2D eigenvalue weighted by Crippen LogP contribution is 2.06. The minimum absolute atomic E-state index is 0.0225. The lowest BCUT2D eigenvalue weighted by Gasteiger charge is -1.97. The number of carboxylic acid groups (broad SMARTS) is 1. The standard InChI is InChI=1S/C6H5N5O3S/c1-15-6-7-5-9-8-2(4(13)14)3(12)11(5)10-6/h1H3,(H,13,14)(H,7,9,10)/p-1. The fourth-order valence-electron chi connectivity index (χ4n) is 0.983. The quantitative estimate of drug-likeness (QED) is 0.583. The average Bonchev–Trinajstić information content (AvgIpc) is 2.61. The number of nitrogens with one attached hydrogen (secondary N) is 1. The number of H-pyrrole nitrogens is 1. The van der Waals surface area contributed by atoms with Crippen molar-refractivity contribution in [3.63, 3.8) is 0 Å². The second kappa shape index (κ2) is 3.35. The van der Waals surface area contributed by atoms with Crippen LogP contribution in [0.2, 0.25) is 0 Å². The first-order valence-corrected chi connectivity index (χ1v) is 4.96. The Labute approximate surface area is 86.3 Å². The molecule has 0 fully saturated rings. The summed E-state index contributed by atoms with van der Waals surface area (Å²) in [5.74, 6) is -1.64. The Morgan fingerprint density at radius 1 is 1.53 bits per heavy atom. The number of aromatic amines is 1. The van der Waals surface area contributed by atoms with E-state index in [0.717, 1.165) is 4.52 Å². The topological polar surface area (TPSA) is 116 Å². The molecule has 8 nitrogen and oxygen atoms in total. The summed E-state index contributed by atoms with van der Waals surface area (Å²) in [6.07, 6.45) is 1.75. The number of nitrogens with zero attached hydrogens (tertiary/aromatic N) is 4. The van der Waals surface area contributed by atoms with Gasteiger partial charge in [0, 0.05) is 0 Å². The van der Waals surface area contributed by atoms with Crippen molar-refractivity contribution in [2.45, 2.75) is 5.16 Å². The summed E-state index contributed by atoms with van der Waals surface area (Å²) in [7, 11) is 0. The molecule has 0 aliphatic carbocycles. The zero-order valence-electron chi connectivity index (χ0n) is 7.42. The predicted octanol–water partition coefficient (Wildman–Crippen LogP) is -2.10. The van der Waals surface area contributed by atoms with Gasteiger partial charge in [-0.2, -0.15) is 9.50 Å². The van der Waals surface area contributed by atoms with Crippen molar-refractivity contribution >= 4 is 23.5 Å². The van der Waals surface area contributed by atoms with E-state index in [9.17, 15) is 14.7 Å². The zero-order valence-corrected chi connectivity index (χ0v) is 8.24. The summed E-state index contributed by atoms with van der Waals surface area (Å²) in [5.41, 5.74) is -1.59. The van der Waals surface area contributed by atoms with E-state index in [1.165, 1.54) is 11.8 Å². The van der Waals surface area contributed by atoms with Gasteiger partial charge in [0.25, 0.3) is 5.78 Å². The second-order valence-corrected chi connectivity index (χ2v) is 3.30. The first kappa shape index (κ1) is 9.65. The van der Waals surface area contributed by atoms with Crippen LogP contribution in [0.1, 0.15) is 10.5 Å². The SMILES string of the molecule is CSc1nc2nnc(C(=O)[O-])c(=O)n2[nH]1. The molecular weight excluding hydrogens is 222 g/mol. The molecule has 2 rings (SSSR count). The molecule has 1 N–H and O–H groups in total. The molecule has 0 amide bonds. The summed E-state index contributed by atoms with van der Waals surface area (Å²) >= 11 is 1.26. The van der Waals surface area contributed by atoms with Gasteiger partial charge in [-0.25, -0.2) is 0 Å². The third-order valence-corrected chi connectivity index (χ3v) is 2.21. The van der Waals surface area contributed by atoms with Gasteiger partial charge in [0.1, 0.15) is 0 Å². The van der Waals surface area contributed by atoms with Crippen molar-refractivity contribution in [1.82, 2.24) is 24.8 Å². The minimum atomic E-state index is -1.66. The molecule has 9 heteroatoms. The number of carbonyl (C=O) groups is 1. The van der Waals surface area contributed by atoms with E-state index < -0.39 is 17.2 Å². The maximum atomic E-state index is 11.5. The highest BCUT2D eigenvalue weighted by atomic mass is 32.2. The smallest absolute Gasteiger partial charge is 0.302 e. The number of hydrogen-bond acceptors (Lipinski definition) is 7. The molecule has 0 aliphatic heterocycles. The van der Waals surface area contributed by atoms with E-state index in [4.69, 9.17) is 0 Å². The van der Waals surface area contributed by atoms with Crippen LogP contribution in [-0.2, 0) is 0 Å². The molecule has 0 bridgehead atoms. The van der Waals surface area contributed by atoms with Crippen molar-refractivity contribution in [3.05, 3.63) is 16.0 Å². The van der Waals surface area contributed by atoms with E-state index in [0.29, 0.717) is 5.16 Å². The van der Waals surface area contributed by atoms with Crippen molar-refractivity contribution in [2.75, 3.05) is 6.26 Å². The minimum Gasteiger partial charge on any atom is -0.543 e. The molecule has 0 saturated carbocycles. The van der Waals surface area contributed by atoms with Crippen molar-refractivity contribution < 1.29 is 9.90 Å². The zero-order chi connectivity index (χ0) is 11.0. The average molecular weight is 226 g/mol. The molecule has 2 aromatic heterocycles. The molecule has 0 aliphatic rings.